The summed E-state index contributed by atoms with van der Waals surface area (Å²) in [6.07, 6.45) is 0. The van der Waals surface area contributed by atoms with Gasteiger partial charge >= 0.3 is 0 Å². The summed E-state index contributed by atoms with van der Waals surface area (Å²) in [6.45, 7) is 0. The topological polar surface area (TPSA) is 58.2 Å². The summed E-state index contributed by atoms with van der Waals surface area (Å²) >= 11 is 7.01. The number of rotatable bonds is 4. The molecule has 4 nitrogen and oxygen atoms in total. The van der Waals surface area contributed by atoms with Gasteiger partial charge in [0.25, 0.3) is 11.8 Å². The Morgan fingerprint density at radius 2 is 1.80 bits per heavy atom. The fourth-order valence-electron chi connectivity index (χ4n) is 2.12. The number of hydrogen-bond donors (Lipinski definition) is 2. The molecule has 3 aromatic rings. The molecule has 1 aromatic heterocycles. The molecule has 126 valence electrons. The second-order valence-corrected chi connectivity index (χ2v) is 6.47. The molecule has 2 aromatic carbocycles. The normalized spacial score (nSPS) is 10.3. The van der Waals surface area contributed by atoms with Crippen LogP contribution >= 0.6 is 22.9 Å². The lowest BCUT2D eigenvalue weighted by molar-refractivity contribution is 0.101. The first kappa shape index (κ1) is 17.1. The quantitative estimate of drug-likeness (QED) is 0.671. The number of thiophene rings is 1. The van der Waals surface area contributed by atoms with Gasteiger partial charge in [-0.1, -0.05) is 23.7 Å². The van der Waals surface area contributed by atoms with Gasteiger partial charge in [0.05, 0.1) is 10.6 Å². The summed E-state index contributed by atoms with van der Waals surface area (Å²) in [5.74, 6) is -1.37. The van der Waals surface area contributed by atoms with E-state index in [2.05, 4.69) is 10.6 Å². The molecule has 0 unspecified atom stereocenters. The largest absolute Gasteiger partial charge is 0.321 e. The van der Waals surface area contributed by atoms with Gasteiger partial charge in [0, 0.05) is 16.3 Å². The van der Waals surface area contributed by atoms with Crippen LogP contribution in [0.15, 0.2) is 60.0 Å². The molecule has 0 saturated carbocycles. The first-order chi connectivity index (χ1) is 12.0. The van der Waals surface area contributed by atoms with Crippen molar-refractivity contribution in [1.82, 2.24) is 0 Å². The van der Waals surface area contributed by atoms with Crippen molar-refractivity contribution in [2.75, 3.05) is 10.6 Å². The molecule has 0 saturated heterocycles. The molecule has 0 spiro atoms. The van der Waals surface area contributed by atoms with Crippen LogP contribution in [-0.2, 0) is 0 Å². The number of carbonyl (C=O) groups is 2. The molecular formula is C18H12ClFN2O2S. The molecule has 7 heteroatoms. The number of amides is 2. The fourth-order valence-corrected chi connectivity index (χ4v) is 2.90. The summed E-state index contributed by atoms with van der Waals surface area (Å²) in [4.78, 5) is 24.9. The van der Waals surface area contributed by atoms with Gasteiger partial charge in [0.2, 0.25) is 0 Å². The number of anilines is 2. The van der Waals surface area contributed by atoms with Crippen molar-refractivity contribution in [1.29, 1.82) is 0 Å². The van der Waals surface area contributed by atoms with Crippen molar-refractivity contribution < 1.29 is 14.0 Å². The van der Waals surface area contributed by atoms with E-state index in [4.69, 9.17) is 11.6 Å². The Morgan fingerprint density at radius 1 is 0.960 bits per heavy atom. The van der Waals surface area contributed by atoms with E-state index < -0.39 is 11.7 Å². The SMILES string of the molecule is O=C(Nc1ccc(Cl)cc1F)c1cccc(NC(=O)c2cccs2)c1. The van der Waals surface area contributed by atoms with E-state index in [1.165, 1.54) is 29.5 Å². The third-order valence-corrected chi connectivity index (χ3v) is 4.41. The van der Waals surface area contributed by atoms with Gasteiger partial charge < -0.3 is 10.6 Å². The van der Waals surface area contributed by atoms with Crippen molar-refractivity contribution in [3.8, 4) is 0 Å². The summed E-state index contributed by atoms with van der Waals surface area (Å²) in [7, 11) is 0. The Morgan fingerprint density at radius 3 is 2.52 bits per heavy atom. The molecule has 2 amide bonds. The van der Waals surface area contributed by atoms with E-state index in [9.17, 15) is 14.0 Å². The maximum absolute atomic E-state index is 13.8. The van der Waals surface area contributed by atoms with Crippen molar-refractivity contribution in [3.63, 3.8) is 0 Å². The maximum Gasteiger partial charge on any atom is 0.265 e. The zero-order chi connectivity index (χ0) is 17.8. The molecule has 3 rings (SSSR count). The highest BCUT2D eigenvalue weighted by Crippen LogP contribution is 2.20. The van der Waals surface area contributed by atoms with Gasteiger partial charge in [-0.15, -0.1) is 11.3 Å². The second-order valence-electron chi connectivity index (χ2n) is 5.09. The lowest BCUT2D eigenvalue weighted by Gasteiger charge is -2.09. The van der Waals surface area contributed by atoms with Gasteiger partial charge in [-0.05, 0) is 47.8 Å². The summed E-state index contributed by atoms with van der Waals surface area (Å²) in [5.41, 5.74) is 0.795. The number of carbonyl (C=O) groups excluding carboxylic acids is 2. The Hall–Kier alpha value is -2.70. The van der Waals surface area contributed by atoms with Crippen molar-refractivity contribution in [2.45, 2.75) is 0 Å². The van der Waals surface area contributed by atoms with Gasteiger partial charge in [0.1, 0.15) is 5.82 Å². The van der Waals surface area contributed by atoms with E-state index in [-0.39, 0.29) is 16.6 Å². The van der Waals surface area contributed by atoms with Crippen molar-refractivity contribution in [3.05, 3.63) is 81.3 Å². The summed E-state index contributed by atoms with van der Waals surface area (Å²) in [6, 6.07) is 13.9. The lowest BCUT2D eigenvalue weighted by Crippen LogP contribution is -2.14. The third-order valence-electron chi connectivity index (χ3n) is 3.31. The average Bonchev–Trinajstić information content (AvgIpc) is 3.12. The first-order valence-corrected chi connectivity index (χ1v) is 8.50. The molecule has 0 aliphatic carbocycles. The van der Waals surface area contributed by atoms with E-state index in [0.717, 1.165) is 6.07 Å². The van der Waals surface area contributed by atoms with Gasteiger partial charge in [-0.2, -0.15) is 0 Å². The monoisotopic (exact) mass is 374 g/mol. The average molecular weight is 375 g/mol. The molecular weight excluding hydrogens is 363 g/mol. The highest BCUT2D eigenvalue weighted by Gasteiger charge is 2.12. The number of benzene rings is 2. The number of halogens is 2. The van der Waals surface area contributed by atoms with Crippen LogP contribution in [0.4, 0.5) is 15.8 Å². The van der Waals surface area contributed by atoms with Gasteiger partial charge in [0.15, 0.2) is 0 Å². The predicted octanol–water partition coefficient (Wildman–Crippen LogP) is 5.05. The Labute approximate surface area is 152 Å². The second kappa shape index (κ2) is 7.46. The summed E-state index contributed by atoms with van der Waals surface area (Å²) in [5, 5.41) is 7.25. The van der Waals surface area contributed by atoms with E-state index >= 15 is 0 Å². The van der Waals surface area contributed by atoms with Crippen molar-refractivity contribution in [2.24, 2.45) is 0 Å². The zero-order valence-corrected chi connectivity index (χ0v) is 14.3. The number of hydrogen-bond acceptors (Lipinski definition) is 3. The Bertz CT molecular complexity index is 929. The Kier molecular flexibility index (Phi) is 5.11. The summed E-state index contributed by atoms with van der Waals surface area (Å²) < 4.78 is 13.8. The highest BCUT2D eigenvalue weighted by atomic mass is 35.5. The van der Waals surface area contributed by atoms with Crippen LogP contribution in [0, 0.1) is 5.82 Å². The molecule has 0 bridgehead atoms. The van der Waals surface area contributed by atoms with Crippen LogP contribution in [0.3, 0.4) is 0 Å². The zero-order valence-electron chi connectivity index (χ0n) is 12.8. The van der Waals surface area contributed by atoms with Crippen LogP contribution in [0.5, 0.6) is 0 Å². The molecule has 0 aliphatic heterocycles. The molecule has 0 atom stereocenters. The third kappa shape index (κ3) is 4.23. The first-order valence-electron chi connectivity index (χ1n) is 7.24. The van der Waals surface area contributed by atoms with Crippen molar-refractivity contribution >= 4 is 46.1 Å². The fraction of sp³-hybridized carbons (Fsp3) is 0. The highest BCUT2D eigenvalue weighted by molar-refractivity contribution is 7.12. The number of nitrogens with one attached hydrogen (secondary N) is 2. The van der Waals surface area contributed by atoms with Crippen LogP contribution in [0.2, 0.25) is 5.02 Å². The maximum atomic E-state index is 13.8. The van der Waals surface area contributed by atoms with Gasteiger partial charge in [-0.25, -0.2) is 4.39 Å². The van der Waals surface area contributed by atoms with Crippen LogP contribution in [-0.4, -0.2) is 11.8 Å². The smallest absolute Gasteiger partial charge is 0.265 e. The van der Waals surface area contributed by atoms with Crippen LogP contribution in [0.1, 0.15) is 20.0 Å². The van der Waals surface area contributed by atoms with E-state index in [1.54, 1.807) is 35.7 Å². The molecule has 0 aliphatic rings. The van der Waals surface area contributed by atoms with Crippen LogP contribution < -0.4 is 10.6 Å². The lowest BCUT2D eigenvalue weighted by atomic mass is 10.1. The van der Waals surface area contributed by atoms with E-state index in [0.29, 0.717) is 16.1 Å². The molecule has 0 radical (unpaired) electrons. The van der Waals surface area contributed by atoms with E-state index in [1.807, 2.05) is 0 Å². The minimum Gasteiger partial charge on any atom is -0.321 e. The predicted molar refractivity (Wildman–Crippen MR) is 98.1 cm³/mol. The Balaban J connectivity index is 1.74. The molecule has 25 heavy (non-hydrogen) atoms. The van der Waals surface area contributed by atoms with Gasteiger partial charge in [-0.3, -0.25) is 9.59 Å². The minimum atomic E-state index is -0.622. The molecule has 1 heterocycles. The standard InChI is InChI=1S/C18H12ClFN2O2S/c19-12-6-7-15(14(20)10-12)22-17(23)11-3-1-4-13(9-11)21-18(24)16-5-2-8-25-16/h1-10H,(H,21,24)(H,22,23). The molecule has 0 fully saturated rings. The molecule has 2 N–H and O–H groups in total. The van der Waals surface area contributed by atoms with Crippen LogP contribution in [0.25, 0.3) is 0 Å². The minimum absolute atomic E-state index is 0.0300.